The molecule has 31 heavy (non-hydrogen) atoms. The van der Waals surface area contributed by atoms with Gasteiger partial charge in [-0.1, -0.05) is 47.5 Å². The van der Waals surface area contributed by atoms with Gasteiger partial charge in [0.25, 0.3) is 0 Å². The number of carbonyl (C=O) groups excluding carboxylic acids is 2. The fourth-order valence-electron chi connectivity index (χ4n) is 2.01. The molecule has 0 saturated heterocycles. The minimum absolute atomic E-state index is 0. The van der Waals surface area contributed by atoms with Gasteiger partial charge in [0.05, 0.1) is 0 Å². The van der Waals surface area contributed by atoms with Gasteiger partial charge in [0.1, 0.15) is 21.8 Å². The first-order valence-electron chi connectivity index (χ1n) is 8.58. The SMILES string of the molecule is OC(CC(=[OH+])CCl)=[NH+]c1ccccc1Cl.OC(CC(=[OH+])CCl)=[NH+]c1ccccc1Cl.[Cu]. The number of nitrogens with one attached hydrogen (secondary N) is 2. The molecule has 0 unspecified atom stereocenters. The van der Waals surface area contributed by atoms with Crippen LogP contribution < -0.4 is 9.98 Å². The maximum Gasteiger partial charge on any atom is 0.351 e. The van der Waals surface area contributed by atoms with Crippen molar-refractivity contribution in [3.63, 3.8) is 0 Å². The summed E-state index contributed by atoms with van der Waals surface area (Å²) in [5, 5.41) is 19.9. The molecule has 0 aliphatic carbocycles. The zero-order valence-electron chi connectivity index (χ0n) is 16.0. The first-order valence-corrected chi connectivity index (χ1v) is 10.4. The third-order valence-electron chi connectivity index (χ3n) is 3.36. The number of ketones is 2. The molecule has 11 heteroatoms. The number of alkyl halides is 2. The molecule has 0 aromatic heterocycles. The van der Waals surface area contributed by atoms with Crippen LogP contribution in [0.5, 0.6) is 0 Å². The van der Waals surface area contributed by atoms with Crippen molar-refractivity contribution in [3.8, 4) is 0 Å². The molecule has 0 fully saturated rings. The first kappa shape index (κ1) is 29.4. The fraction of sp³-hybridized carbons (Fsp3) is 0.200. The van der Waals surface area contributed by atoms with Crippen molar-refractivity contribution >= 4 is 81.1 Å². The van der Waals surface area contributed by atoms with E-state index in [0.717, 1.165) is 0 Å². The Balaban J connectivity index is 0.000000562. The molecule has 6 N–H and O–H groups in total. The Kier molecular flexibility index (Phi) is 15.3. The van der Waals surface area contributed by atoms with Crippen LogP contribution in [0.4, 0.5) is 11.4 Å². The van der Waals surface area contributed by atoms with E-state index in [9.17, 15) is 10.2 Å². The Morgan fingerprint density at radius 1 is 0.710 bits per heavy atom. The smallest absolute Gasteiger partial charge is 0.351 e. The summed E-state index contributed by atoms with van der Waals surface area (Å²) >= 11 is 22.4. The Morgan fingerprint density at radius 3 is 1.32 bits per heavy atom. The molecule has 171 valence electrons. The van der Waals surface area contributed by atoms with Gasteiger partial charge in [0, 0.05) is 29.2 Å². The number of hydrogen-bond acceptors (Lipinski definition) is 0. The van der Waals surface area contributed by atoms with Crippen LogP contribution >= 0.6 is 46.4 Å². The molecule has 0 amide bonds. The molecule has 0 atom stereocenters. The molecule has 6 nitrogen and oxygen atoms in total. The van der Waals surface area contributed by atoms with Gasteiger partial charge >= 0.3 is 23.4 Å². The summed E-state index contributed by atoms with van der Waals surface area (Å²) in [5.74, 6) is -0.215. The Hall–Kier alpha value is -1.60. The number of aliphatic hydroxyl groups excluding tert-OH is 2. The summed E-state index contributed by atoms with van der Waals surface area (Å²) < 4.78 is 0. The summed E-state index contributed by atoms with van der Waals surface area (Å²) in [6, 6.07) is 14.0. The van der Waals surface area contributed by atoms with Gasteiger partial charge in [-0.15, -0.1) is 23.2 Å². The first-order chi connectivity index (χ1) is 14.3. The molecular weight excluding hydrogens is 538 g/mol. The van der Waals surface area contributed by atoms with E-state index in [4.69, 9.17) is 56.0 Å². The Bertz CT molecular complexity index is 863. The summed E-state index contributed by atoms with van der Waals surface area (Å²) in [4.78, 5) is 23.6. The molecule has 0 aliphatic rings. The molecule has 0 aliphatic heterocycles. The molecule has 0 spiro atoms. The van der Waals surface area contributed by atoms with E-state index in [1.165, 1.54) is 0 Å². The monoisotopic (exact) mass is 557 g/mol. The van der Waals surface area contributed by atoms with E-state index in [1.54, 1.807) is 48.5 Å². The van der Waals surface area contributed by atoms with Crippen molar-refractivity contribution in [2.45, 2.75) is 12.8 Å². The van der Waals surface area contributed by atoms with Crippen molar-refractivity contribution in [3.05, 3.63) is 58.6 Å². The molecule has 0 heterocycles. The standard InChI is InChI=1S/2C10H9Cl2NO2.Cu/c2*11-6-7(14)5-10(15)13-9-4-2-1-3-8(9)12;/h2*1-4H,5-6H2,(H,13,15);/p+4. The van der Waals surface area contributed by atoms with E-state index in [0.29, 0.717) is 21.4 Å². The third-order valence-corrected chi connectivity index (χ3v) is 4.63. The predicted molar refractivity (Wildman–Crippen MR) is 124 cm³/mol. The van der Waals surface area contributed by atoms with Gasteiger partial charge in [0.2, 0.25) is 11.4 Å². The molecule has 2 aromatic rings. The van der Waals surface area contributed by atoms with Crippen molar-refractivity contribution in [1.29, 1.82) is 0 Å². The summed E-state index contributed by atoms with van der Waals surface area (Å²) in [6.07, 6.45) is -0.0105. The number of hydrogen-bond donors (Lipinski definition) is 4. The van der Waals surface area contributed by atoms with Gasteiger partial charge < -0.3 is 10.2 Å². The largest absolute Gasteiger partial charge is 0.463 e. The van der Waals surface area contributed by atoms with Crippen LogP contribution in [-0.4, -0.2) is 54.9 Å². The number of para-hydroxylation sites is 2. The number of rotatable bonds is 8. The quantitative estimate of drug-likeness (QED) is 0.131. The summed E-state index contributed by atoms with van der Waals surface area (Å²) in [5.41, 5.74) is 1.16. The van der Waals surface area contributed by atoms with Crippen molar-refractivity contribution in [2.75, 3.05) is 11.8 Å². The van der Waals surface area contributed by atoms with Gasteiger partial charge in [0.15, 0.2) is 12.8 Å². The van der Waals surface area contributed by atoms with E-state index < -0.39 is 0 Å². The van der Waals surface area contributed by atoms with Gasteiger partial charge in [-0.05, 0) is 12.1 Å². The van der Waals surface area contributed by atoms with Gasteiger partial charge in [-0.3, -0.25) is 9.59 Å². The number of benzene rings is 2. The van der Waals surface area contributed by atoms with Gasteiger partial charge in [-0.2, -0.15) is 9.98 Å². The minimum atomic E-state index is -0.0961. The van der Waals surface area contributed by atoms with Gasteiger partial charge in [-0.25, -0.2) is 0 Å². The average Bonchev–Trinajstić information content (AvgIpc) is 2.71. The second kappa shape index (κ2) is 16.1. The molecule has 1 radical (unpaired) electrons. The molecule has 0 bridgehead atoms. The molecular formula is C20H22Cl4CuN2O4+4. The van der Waals surface area contributed by atoms with Crippen LogP contribution in [0.3, 0.4) is 0 Å². The van der Waals surface area contributed by atoms with Crippen LogP contribution in [0.1, 0.15) is 12.8 Å². The molecule has 2 rings (SSSR count). The molecule has 0 saturated carbocycles. The Labute approximate surface area is 210 Å². The van der Waals surface area contributed by atoms with Crippen LogP contribution in [0, 0.1) is 0 Å². The number of aliphatic hydroxyl groups is 2. The molecule has 2 aromatic carbocycles. The zero-order valence-corrected chi connectivity index (χ0v) is 20.0. The van der Waals surface area contributed by atoms with E-state index in [1.807, 2.05) is 0 Å². The van der Waals surface area contributed by atoms with Crippen LogP contribution in [0.15, 0.2) is 48.5 Å². The summed E-state index contributed by atoms with van der Waals surface area (Å²) in [6.45, 7) is 0. The van der Waals surface area contributed by atoms with Crippen molar-refractivity contribution < 1.29 is 46.9 Å². The second-order valence-electron chi connectivity index (χ2n) is 5.86. The van der Waals surface area contributed by atoms with Crippen LogP contribution in [0.2, 0.25) is 10.0 Å². The normalized spacial score (nSPS) is 11.1. The predicted octanol–water partition coefficient (Wildman–Crippen LogP) is 2.36. The maximum atomic E-state index is 9.44. The Morgan fingerprint density at radius 2 is 1.03 bits per heavy atom. The maximum absolute atomic E-state index is 9.44. The number of halogens is 4. The van der Waals surface area contributed by atoms with E-state index in [2.05, 4.69) is 9.98 Å². The van der Waals surface area contributed by atoms with Crippen molar-refractivity contribution in [1.82, 2.24) is 0 Å². The van der Waals surface area contributed by atoms with Crippen molar-refractivity contribution in [2.24, 2.45) is 0 Å². The van der Waals surface area contributed by atoms with Crippen LogP contribution in [-0.2, 0) is 17.1 Å². The fourth-order valence-corrected chi connectivity index (χ4v) is 2.56. The second-order valence-corrected chi connectivity index (χ2v) is 7.21. The van der Waals surface area contributed by atoms with E-state index >= 15 is 0 Å². The average molecular weight is 560 g/mol. The third kappa shape index (κ3) is 12.1. The summed E-state index contributed by atoms with van der Waals surface area (Å²) in [7, 11) is 0. The van der Waals surface area contributed by atoms with E-state index in [-0.39, 0.29) is 65.0 Å². The zero-order chi connectivity index (χ0) is 22.5. The van der Waals surface area contributed by atoms with Crippen LogP contribution in [0.25, 0.3) is 0 Å². The minimum Gasteiger partial charge on any atom is -0.463 e. The topological polar surface area (TPSA) is 111 Å².